The molecule has 2 aliphatic heterocycles. The third-order valence-corrected chi connectivity index (χ3v) is 14.6. The van der Waals surface area contributed by atoms with Crippen molar-refractivity contribution in [2.45, 2.75) is 51.9 Å². The van der Waals surface area contributed by atoms with Crippen molar-refractivity contribution in [3.63, 3.8) is 0 Å². The Bertz CT molecular complexity index is 2360. The molecule has 2 aromatic heterocycles. The average molecular weight is 863 g/mol. The second-order valence-corrected chi connectivity index (χ2v) is 17.9. The molecule has 0 radical (unpaired) electrons. The number of nitrogens with zero attached hydrogens (tertiary/aromatic N) is 4. The number of primary amides is 2. The van der Waals surface area contributed by atoms with Gasteiger partial charge in [0.15, 0.2) is 10.0 Å². The van der Waals surface area contributed by atoms with Gasteiger partial charge in [-0.25, -0.2) is 9.97 Å². The topological polar surface area (TPSA) is 118 Å². The van der Waals surface area contributed by atoms with Crippen molar-refractivity contribution < 1.29 is 9.59 Å². The molecule has 0 aliphatic carbocycles. The Kier molecular flexibility index (Phi) is 11.0. The lowest BCUT2D eigenvalue weighted by Crippen LogP contribution is -2.35. The van der Waals surface area contributed by atoms with Crippen LogP contribution >= 0.6 is 69.1 Å². The van der Waals surface area contributed by atoms with E-state index in [4.69, 9.17) is 57.9 Å². The Morgan fingerprint density at radius 2 is 1.05 bits per heavy atom. The van der Waals surface area contributed by atoms with E-state index in [0.717, 1.165) is 78.7 Å². The third-order valence-electron chi connectivity index (χ3n) is 10.7. The molecule has 4 N–H and O–H groups in total. The Labute approximate surface area is 353 Å². The van der Waals surface area contributed by atoms with Gasteiger partial charge in [-0.15, -0.1) is 22.7 Å². The Morgan fingerprint density at radius 1 is 0.643 bits per heavy atom. The van der Waals surface area contributed by atoms with Gasteiger partial charge >= 0.3 is 0 Å². The van der Waals surface area contributed by atoms with Crippen LogP contribution in [0.2, 0.25) is 20.1 Å². The molecule has 0 saturated carbocycles. The quantitative estimate of drug-likeness (QED) is 0.150. The zero-order valence-electron chi connectivity index (χ0n) is 30.4. The van der Waals surface area contributed by atoms with Crippen LogP contribution < -0.4 is 11.5 Å². The van der Waals surface area contributed by atoms with Crippen LogP contribution in [-0.2, 0) is 25.9 Å². The SMILES string of the molecule is Cc1c(-c2cccc(C3c4sc(C(N)=O)nc4CCN3Cc3ccc(Cl)c(Cl)c3)c2C)cccc1C1c2sc(C(N)=O)nc2CCN1Cc1ccc(Cl)c(Cl)c1. The molecular formula is C42H36Cl4N6O2S2. The molecule has 0 fully saturated rings. The van der Waals surface area contributed by atoms with Crippen LogP contribution in [0.3, 0.4) is 0 Å². The molecule has 6 aromatic rings. The minimum atomic E-state index is -0.528. The number of hydrogen-bond acceptors (Lipinski definition) is 8. The molecule has 2 aliphatic rings. The van der Waals surface area contributed by atoms with Gasteiger partial charge in [0.25, 0.3) is 11.8 Å². The van der Waals surface area contributed by atoms with Gasteiger partial charge in [-0.3, -0.25) is 19.4 Å². The highest BCUT2D eigenvalue weighted by molar-refractivity contribution is 7.14. The second kappa shape index (κ2) is 15.8. The first kappa shape index (κ1) is 39.0. The second-order valence-electron chi connectivity index (χ2n) is 14.2. The van der Waals surface area contributed by atoms with E-state index in [1.807, 2.05) is 36.4 Å². The Balaban J connectivity index is 1.23. The van der Waals surface area contributed by atoms with Gasteiger partial charge in [0.2, 0.25) is 0 Å². The number of thiazole rings is 2. The zero-order chi connectivity index (χ0) is 39.4. The fourth-order valence-electron chi connectivity index (χ4n) is 8.06. The van der Waals surface area contributed by atoms with Gasteiger partial charge in [0.1, 0.15) is 0 Å². The summed E-state index contributed by atoms with van der Waals surface area (Å²) in [5, 5.41) is 2.65. The van der Waals surface area contributed by atoms with Crippen molar-refractivity contribution in [2.24, 2.45) is 11.5 Å². The van der Waals surface area contributed by atoms with E-state index in [-0.39, 0.29) is 12.1 Å². The van der Waals surface area contributed by atoms with Crippen molar-refractivity contribution >= 4 is 80.9 Å². The molecule has 0 spiro atoms. The summed E-state index contributed by atoms with van der Waals surface area (Å²) in [6, 6.07) is 24.0. The number of amides is 2. The van der Waals surface area contributed by atoms with Crippen LogP contribution in [0.15, 0.2) is 72.8 Å². The van der Waals surface area contributed by atoms with Crippen LogP contribution in [0.1, 0.15) is 86.2 Å². The van der Waals surface area contributed by atoms with Gasteiger partial charge < -0.3 is 11.5 Å². The number of rotatable bonds is 9. The lowest BCUT2D eigenvalue weighted by molar-refractivity contribution is 0.0991. The molecule has 0 saturated heterocycles. The summed E-state index contributed by atoms with van der Waals surface area (Å²) in [7, 11) is 0. The first-order valence-electron chi connectivity index (χ1n) is 18.0. The summed E-state index contributed by atoms with van der Waals surface area (Å²) in [6.07, 6.45) is 1.38. The van der Waals surface area contributed by atoms with Gasteiger partial charge in [-0.2, -0.15) is 0 Å². The predicted molar refractivity (Wildman–Crippen MR) is 227 cm³/mol. The minimum Gasteiger partial charge on any atom is -0.364 e. The number of benzene rings is 4. The molecule has 4 heterocycles. The van der Waals surface area contributed by atoms with E-state index < -0.39 is 11.8 Å². The van der Waals surface area contributed by atoms with Crippen molar-refractivity contribution in [3.05, 3.63) is 157 Å². The first-order valence-corrected chi connectivity index (χ1v) is 21.2. The summed E-state index contributed by atoms with van der Waals surface area (Å²) in [5.74, 6) is -1.06. The summed E-state index contributed by atoms with van der Waals surface area (Å²) in [5.41, 5.74) is 22.0. The minimum absolute atomic E-state index is 0.186. The molecule has 286 valence electrons. The van der Waals surface area contributed by atoms with E-state index in [1.54, 1.807) is 0 Å². The van der Waals surface area contributed by atoms with Gasteiger partial charge in [0.05, 0.1) is 53.3 Å². The highest BCUT2D eigenvalue weighted by Crippen LogP contribution is 2.46. The molecule has 2 amide bonds. The Hall–Kier alpha value is -3.84. The Morgan fingerprint density at radius 3 is 1.43 bits per heavy atom. The summed E-state index contributed by atoms with van der Waals surface area (Å²) < 4.78 is 0. The maximum absolute atomic E-state index is 12.4. The number of carbonyl (C=O) groups excluding carboxylic acids is 2. The summed E-state index contributed by atoms with van der Waals surface area (Å²) in [6.45, 7) is 7.00. The molecular weight excluding hydrogens is 826 g/mol. The zero-order valence-corrected chi connectivity index (χ0v) is 35.1. The number of carbonyl (C=O) groups is 2. The average Bonchev–Trinajstić information content (AvgIpc) is 3.81. The normalized spacial score (nSPS) is 17.1. The van der Waals surface area contributed by atoms with E-state index in [0.29, 0.717) is 56.0 Å². The van der Waals surface area contributed by atoms with E-state index >= 15 is 0 Å². The maximum Gasteiger partial charge on any atom is 0.277 e. The monoisotopic (exact) mass is 860 g/mol. The smallest absolute Gasteiger partial charge is 0.277 e. The highest BCUT2D eigenvalue weighted by atomic mass is 35.5. The van der Waals surface area contributed by atoms with E-state index in [9.17, 15) is 9.59 Å². The van der Waals surface area contributed by atoms with Gasteiger partial charge in [0, 0.05) is 39.0 Å². The number of aromatic nitrogens is 2. The van der Waals surface area contributed by atoms with Gasteiger partial charge in [-0.05, 0) is 82.6 Å². The van der Waals surface area contributed by atoms with Crippen LogP contribution in [-0.4, -0.2) is 44.7 Å². The molecule has 8 nitrogen and oxygen atoms in total. The molecule has 14 heteroatoms. The summed E-state index contributed by atoms with van der Waals surface area (Å²) in [4.78, 5) is 40.9. The fraction of sp³-hybridized carbons (Fsp3) is 0.238. The van der Waals surface area contributed by atoms with Crippen molar-refractivity contribution in [1.82, 2.24) is 19.8 Å². The van der Waals surface area contributed by atoms with Crippen molar-refractivity contribution in [2.75, 3.05) is 13.1 Å². The number of hydrogen-bond donors (Lipinski definition) is 2. The van der Waals surface area contributed by atoms with Crippen LogP contribution in [0.25, 0.3) is 11.1 Å². The molecule has 56 heavy (non-hydrogen) atoms. The third kappa shape index (κ3) is 7.38. The molecule has 2 unspecified atom stereocenters. The van der Waals surface area contributed by atoms with E-state index in [1.165, 1.54) is 22.7 Å². The van der Waals surface area contributed by atoms with Crippen LogP contribution in [0.4, 0.5) is 0 Å². The number of halogens is 4. The summed E-state index contributed by atoms with van der Waals surface area (Å²) >= 11 is 28.2. The van der Waals surface area contributed by atoms with Crippen LogP contribution in [0.5, 0.6) is 0 Å². The lowest BCUT2D eigenvalue weighted by Gasteiger charge is -2.37. The van der Waals surface area contributed by atoms with Crippen molar-refractivity contribution in [3.8, 4) is 11.1 Å². The highest BCUT2D eigenvalue weighted by Gasteiger charge is 2.36. The number of nitrogens with two attached hydrogens (primary N) is 2. The predicted octanol–water partition coefficient (Wildman–Crippen LogP) is 9.99. The maximum atomic E-state index is 12.4. The molecule has 0 bridgehead atoms. The standard InChI is InChI=1S/C42H36Cl4N6O2S2/c1-21-25(5-3-7-27(21)35-37-33(49-41(55-37)39(47)53)13-15-51(35)19-23-9-11-29(43)31(45)17-23)26-6-4-8-28(22(26)2)36-38-34(50-42(56-38)40(48)54)14-16-52(36)20-24-10-12-30(44)32(46)18-24/h3-12,17-18,35-36H,13-16,19-20H2,1-2H3,(H2,47,53)(H2,48,54). The number of fused-ring (bicyclic) bond motifs is 2. The van der Waals surface area contributed by atoms with Crippen molar-refractivity contribution in [1.29, 1.82) is 0 Å². The molecule has 8 rings (SSSR count). The van der Waals surface area contributed by atoms with Gasteiger partial charge in [-0.1, -0.05) is 94.9 Å². The molecule has 2 atom stereocenters. The molecule has 4 aromatic carbocycles. The largest absolute Gasteiger partial charge is 0.364 e. The van der Waals surface area contributed by atoms with E-state index in [2.05, 4.69) is 70.0 Å². The van der Waals surface area contributed by atoms with Crippen LogP contribution in [0, 0.1) is 13.8 Å². The lowest BCUT2D eigenvalue weighted by atomic mass is 9.85. The first-order chi connectivity index (χ1) is 26.9. The fourth-order valence-corrected chi connectivity index (χ4v) is 10.9.